The van der Waals surface area contributed by atoms with Gasteiger partial charge in [-0.2, -0.15) is 0 Å². The number of aliphatic carboxylic acids is 2. The molecule has 0 radical (unpaired) electrons. The number of carboxylic acids is 2. The highest BCUT2D eigenvalue weighted by atomic mass is 16.6. The molecule has 1 saturated heterocycles. The van der Waals surface area contributed by atoms with Gasteiger partial charge in [-0.1, -0.05) is 11.6 Å². The zero-order chi connectivity index (χ0) is 15.1. The number of cyclic esters (lactones) is 2. The highest BCUT2D eigenvalue weighted by Crippen LogP contribution is 2.50. The molecule has 1 aliphatic carbocycles. The second kappa shape index (κ2) is 4.73. The molecule has 20 heavy (non-hydrogen) atoms. The van der Waals surface area contributed by atoms with E-state index < -0.39 is 41.1 Å². The fraction of sp³-hybridized carbons (Fsp3) is 0.538. The van der Waals surface area contributed by atoms with E-state index in [2.05, 4.69) is 4.74 Å². The van der Waals surface area contributed by atoms with Crippen molar-refractivity contribution in [1.29, 1.82) is 0 Å². The summed E-state index contributed by atoms with van der Waals surface area (Å²) in [5.74, 6) is -7.04. The summed E-state index contributed by atoms with van der Waals surface area (Å²) < 4.78 is 4.41. The lowest BCUT2D eigenvalue weighted by Crippen LogP contribution is -2.51. The lowest BCUT2D eigenvalue weighted by atomic mass is 9.59. The lowest BCUT2D eigenvalue weighted by Gasteiger charge is -2.40. The van der Waals surface area contributed by atoms with E-state index in [1.54, 1.807) is 6.08 Å². The topological polar surface area (TPSA) is 118 Å². The van der Waals surface area contributed by atoms with Crippen molar-refractivity contribution in [2.24, 2.45) is 17.3 Å². The molecule has 0 bridgehead atoms. The number of carbonyl (C=O) groups is 4. The summed E-state index contributed by atoms with van der Waals surface area (Å²) in [5.41, 5.74) is -1.44. The van der Waals surface area contributed by atoms with Crippen LogP contribution in [0.15, 0.2) is 11.6 Å². The Morgan fingerprint density at radius 3 is 2.45 bits per heavy atom. The second-order valence-corrected chi connectivity index (χ2v) is 5.15. The number of hydrogen-bond acceptors (Lipinski definition) is 5. The zero-order valence-electron chi connectivity index (χ0n) is 10.8. The summed E-state index contributed by atoms with van der Waals surface area (Å²) in [4.78, 5) is 46.2. The third-order valence-corrected chi connectivity index (χ3v) is 4.13. The van der Waals surface area contributed by atoms with Crippen LogP contribution in [0.4, 0.5) is 0 Å². The fourth-order valence-electron chi connectivity index (χ4n) is 3.24. The Hall–Kier alpha value is -2.18. The van der Waals surface area contributed by atoms with E-state index in [-0.39, 0.29) is 12.8 Å². The first kappa shape index (κ1) is 14.2. The number of carboxylic acid groups (broad SMARTS) is 2. The van der Waals surface area contributed by atoms with E-state index in [9.17, 15) is 29.4 Å². The Labute approximate surface area is 114 Å². The molecule has 3 unspecified atom stereocenters. The van der Waals surface area contributed by atoms with Gasteiger partial charge < -0.3 is 14.9 Å². The van der Waals surface area contributed by atoms with Gasteiger partial charge in [0.15, 0.2) is 0 Å². The molecule has 1 fully saturated rings. The molecule has 3 atom stereocenters. The van der Waals surface area contributed by atoms with Crippen LogP contribution in [-0.4, -0.2) is 34.1 Å². The first-order valence-electron chi connectivity index (χ1n) is 6.18. The third-order valence-electron chi connectivity index (χ3n) is 4.13. The molecule has 2 aliphatic rings. The van der Waals surface area contributed by atoms with Gasteiger partial charge in [0, 0.05) is 0 Å². The fourth-order valence-corrected chi connectivity index (χ4v) is 3.24. The van der Waals surface area contributed by atoms with Crippen LogP contribution in [-0.2, 0) is 23.9 Å². The Morgan fingerprint density at radius 2 is 2.00 bits per heavy atom. The van der Waals surface area contributed by atoms with Gasteiger partial charge in [-0.15, -0.1) is 0 Å². The molecule has 0 aromatic rings. The summed E-state index contributed by atoms with van der Waals surface area (Å²) in [5, 5.41) is 18.9. The van der Waals surface area contributed by atoms with Crippen LogP contribution in [0.3, 0.4) is 0 Å². The average Bonchev–Trinajstić information content (AvgIpc) is 2.67. The maximum absolute atomic E-state index is 11.8. The minimum atomic E-state index is -1.83. The molecule has 2 N–H and O–H groups in total. The number of carbonyl (C=O) groups excluding carboxylic acids is 2. The Balaban J connectivity index is 2.57. The van der Waals surface area contributed by atoms with Gasteiger partial charge in [-0.05, 0) is 19.8 Å². The van der Waals surface area contributed by atoms with Crippen LogP contribution < -0.4 is 0 Å². The van der Waals surface area contributed by atoms with Crippen LogP contribution in [0, 0.1) is 17.3 Å². The van der Waals surface area contributed by atoms with Crippen LogP contribution in [0.2, 0.25) is 0 Å². The molecular weight excluding hydrogens is 268 g/mol. The maximum Gasteiger partial charge on any atom is 0.318 e. The van der Waals surface area contributed by atoms with Gasteiger partial charge in [0.1, 0.15) is 0 Å². The molecule has 0 aromatic heterocycles. The number of ether oxygens (including phenoxy) is 1. The molecule has 0 amide bonds. The number of esters is 2. The standard InChI is InChI=1S/C13H14O7/c1-6-3-2-4-13(12(18)19,9(6)10(15)16)7-5-8(14)20-11(7)17/h3,7,9H,2,4-5H2,1H3,(H,15,16)(H,18,19). The highest BCUT2D eigenvalue weighted by molar-refractivity contribution is 6.00. The average molecular weight is 282 g/mol. The van der Waals surface area contributed by atoms with Crippen molar-refractivity contribution in [1.82, 2.24) is 0 Å². The monoisotopic (exact) mass is 282 g/mol. The summed E-state index contributed by atoms with van der Waals surface area (Å²) in [7, 11) is 0. The molecular formula is C13H14O7. The summed E-state index contributed by atoms with van der Waals surface area (Å²) in [6.45, 7) is 1.53. The molecule has 1 aliphatic heterocycles. The SMILES string of the molecule is CC1=CCCC(C(=O)O)(C2CC(=O)OC2=O)C1C(=O)O. The van der Waals surface area contributed by atoms with E-state index in [0.717, 1.165) is 0 Å². The zero-order valence-corrected chi connectivity index (χ0v) is 10.8. The Morgan fingerprint density at radius 1 is 1.35 bits per heavy atom. The largest absolute Gasteiger partial charge is 0.481 e. The Bertz CT molecular complexity index is 533. The van der Waals surface area contributed by atoms with Crippen LogP contribution in [0.5, 0.6) is 0 Å². The van der Waals surface area contributed by atoms with Crippen molar-refractivity contribution >= 4 is 23.9 Å². The lowest BCUT2D eigenvalue weighted by molar-refractivity contribution is -0.171. The smallest absolute Gasteiger partial charge is 0.318 e. The molecule has 0 spiro atoms. The summed E-state index contributed by atoms with van der Waals surface area (Å²) in [6, 6.07) is 0. The van der Waals surface area contributed by atoms with Gasteiger partial charge in [0.25, 0.3) is 0 Å². The summed E-state index contributed by atoms with van der Waals surface area (Å²) in [6.07, 6.45) is 1.61. The highest BCUT2D eigenvalue weighted by Gasteiger charge is 2.61. The minimum absolute atomic E-state index is 0.0102. The third kappa shape index (κ3) is 1.90. The predicted molar refractivity (Wildman–Crippen MR) is 63.4 cm³/mol. The van der Waals surface area contributed by atoms with Gasteiger partial charge in [0.2, 0.25) is 0 Å². The van der Waals surface area contributed by atoms with Crippen molar-refractivity contribution in [3.05, 3.63) is 11.6 Å². The van der Waals surface area contributed by atoms with Crippen molar-refractivity contribution < 1.29 is 34.1 Å². The number of rotatable bonds is 3. The van der Waals surface area contributed by atoms with E-state index in [1.807, 2.05) is 0 Å². The summed E-state index contributed by atoms with van der Waals surface area (Å²) >= 11 is 0. The van der Waals surface area contributed by atoms with E-state index in [4.69, 9.17) is 0 Å². The Kier molecular flexibility index (Phi) is 3.37. The van der Waals surface area contributed by atoms with E-state index >= 15 is 0 Å². The van der Waals surface area contributed by atoms with Gasteiger partial charge in [-0.3, -0.25) is 19.2 Å². The molecule has 108 valence electrons. The van der Waals surface area contributed by atoms with Crippen molar-refractivity contribution in [2.75, 3.05) is 0 Å². The first-order valence-corrected chi connectivity index (χ1v) is 6.18. The second-order valence-electron chi connectivity index (χ2n) is 5.15. The number of hydrogen-bond donors (Lipinski definition) is 2. The van der Waals surface area contributed by atoms with Crippen molar-refractivity contribution in [2.45, 2.75) is 26.2 Å². The van der Waals surface area contributed by atoms with Gasteiger partial charge >= 0.3 is 23.9 Å². The quantitative estimate of drug-likeness (QED) is 0.441. The van der Waals surface area contributed by atoms with Crippen LogP contribution in [0.1, 0.15) is 26.2 Å². The van der Waals surface area contributed by atoms with Crippen molar-refractivity contribution in [3.8, 4) is 0 Å². The van der Waals surface area contributed by atoms with Gasteiger partial charge in [0.05, 0.1) is 23.7 Å². The van der Waals surface area contributed by atoms with Crippen LogP contribution >= 0.6 is 0 Å². The molecule has 0 saturated carbocycles. The molecule has 7 nitrogen and oxygen atoms in total. The maximum atomic E-state index is 11.8. The number of allylic oxidation sites excluding steroid dienone is 1. The molecule has 7 heteroatoms. The molecule has 0 aromatic carbocycles. The molecule has 2 rings (SSSR count). The van der Waals surface area contributed by atoms with Gasteiger partial charge in [-0.25, -0.2) is 0 Å². The van der Waals surface area contributed by atoms with E-state index in [0.29, 0.717) is 12.0 Å². The molecule has 1 heterocycles. The van der Waals surface area contributed by atoms with Crippen molar-refractivity contribution in [3.63, 3.8) is 0 Å². The van der Waals surface area contributed by atoms with Crippen LogP contribution in [0.25, 0.3) is 0 Å². The predicted octanol–water partition coefficient (Wildman–Crippen LogP) is 0.588. The first-order chi connectivity index (χ1) is 9.30. The van der Waals surface area contributed by atoms with E-state index in [1.165, 1.54) is 6.92 Å². The normalized spacial score (nSPS) is 33.5. The minimum Gasteiger partial charge on any atom is -0.481 e.